The Morgan fingerprint density at radius 2 is 1.83 bits per heavy atom. The molecule has 0 saturated heterocycles. The molecule has 0 aromatic heterocycles. The van der Waals surface area contributed by atoms with Crippen LogP contribution in [-0.4, -0.2) is 6.10 Å². The minimum absolute atomic E-state index is 0.0932. The highest BCUT2D eigenvalue weighted by molar-refractivity contribution is 5.37. The second kappa shape index (κ2) is 6.24. The third kappa shape index (κ3) is 3.49. The summed E-state index contributed by atoms with van der Waals surface area (Å²) in [5.74, 6) is 1.03. The van der Waals surface area contributed by atoms with E-state index < -0.39 is 0 Å². The van der Waals surface area contributed by atoms with Crippen LogP contribution in [0.3, 0.4) is 0 Å². The highest BCUT2D eigenvalue weighted by Crippen LogP contribution is 2.26. The topological polar surface area (TPSA) is 35.2 Å². The molecule has 2 nitrogen and oxygen atoms in total. The lowest BCUT2D eigenvalue weighted by Gasteiger charge is -2.19. The van der Waals surface area contributed by atoms with Crippen LogP contribution in [0.15, 0.2) is 18.2 Å². The van der Waals surface area contributed by atoms with Crippen LogP contribution >= 0.6 is 0 Å². The van der Waals surface area contributed by atoms with Crippen LogP contribution in [0.4, 0.5) is 0 Å². The average Bonchev–Trinajstić information content (AvgIpc) is 2.60. The van der Waals surface area contributed by atoms with E-state index in [4.69, 9.17) is 10.5 Å². The number of hydrogen-bond donors (Lipinski definition) is 1. The van der Waals surface area contributed by atoms with E-state index in [0.717, 1.165) is 5.75 Å². The molecule has 1 saturated carbocycles. The SMILES string of the molecule is Cc1cc([C@@H](C)N)ccc1OC1CCCCCC1. The lowest BCUT2D eigenvalue weighted by molar-refractivity contribution is 0.182. The first-order chi connectivity index (χ1) is 8.66. The lowest BCUT2D eigenvalue weighted by atomic mass is 10.1. The molecular weight excluding hydrogens is 222 g/mol. The average molecular weight is 247 g/mol. The first kappa shape index (κ1) is 13.4. The van der Waals surface area contributed by atoms with E-state index in [1.807, 2.05) is 6.92 Å². The second-order valence-electron chi connectivity index (χ2n) is 5.55. The molecule has 0 bridgehead atoms. The zero-order chi connectivity index (χ0) is 13.0. The Kier molecular flexibility index (Phi) is 4.65. The Hall–Kier alpha value is -1.02. The van der Waals surface area contributed by atoms with E-state index in [1.54, 1.807) is 0 Å². The molecule has 2 rings (SSSR count). The highest BCUT2D eigenvalue weighted by Gasteiger charge is 2.15. The van der Waals surface area contributed by atoms with Gasteiger partial charge in [-0.05, 0) is 56.7 Å². The number of benzene rings is 1. The summed E-state index contributed by atoms with van der Waals surface area (Å²) < 4.78 is 6.16. The van der Waals surface area contributed by atoms with Crippen molar-refractivity contribution in [2.24, 2.45) is 5.73 Å². The summed E-state index contributed by atoms with van der Waals surface area (Å²) in [5.41, 5.74) is 8.28. The van der Waals surface area contributed by atoms with Crippen molar-refractivity contribution < 1.29 is 4.74 Å². The van der Waals surface area contributed by atoms with Crippen LogP contribution in [-0.2, 0) is 0 Å². The molecular formula is C16H25NO. The van der Waals surface area contributed by atoms with E-state index in [2.05, 4.69) is 25.1 Å². The highest BCUT2D eigenvalue weighted by atomic mass is 16.5. The standard InChI is InChI=1S/C16H25NO/c1-12-11-14(13(2)17)9-10-16(12)18-15-7-5-3-4-6-8-15/h9-11,13,15H,3-8,17H2,1-2H3/t13-/m1/s1. The fraction of sp³-hybridized carbons (Fsp3) is 0.625. The van der Waals surface area contributed by atoms with Crippen molar-refractivity contribution in [3.8, 4) is 5.75 Å². The Morgan fingerprint density at radius 3 is 2.39 bits per heavy atom. The van der Waals surface area contributed by atoms with Gasteiger partial charge in [0.25, 0.3) is 0 Å². The van der Waals surface area contributed by atoms with Crippen LogP contribution in [0.1, 0.15) is 62.6 Å². The molecule has 1 aliphatic carbocycles. The van der Waals surface area contributed by atoms with Gasteiger partial charge in [0, 0.05) is 6.04 Å². The van der Waals surface area contributed by atoms with Crippen LogP contribution in [0.25, 0.3) is 0 Å². The molecule has 1 aliphatic rings. The third-order valence-corrected chi connectivity index (χ3v) is 3.82. The van der Waals surface area contributed by atoms with Crippen LogP contribution < -0.4 is 10.5 Å². The van der Waals surface area contributed by atoms with Gasteiger partial charge in [-0.1, -0.05) is 25.0 Å². The fourth-order valence-electron chi connectivity index (χ4n) is 2.63. The fourth-order valence-corrected chi connectivity index (χ4v) is 2.63. The van der Waals surface area contributed by atoms with Crippen molar-refractivity contribution in [3.63, 3.8) is 0 Å². The van der Waals surface area contributed by atoms with E-state index in [-0.39, 0.29) is 6.04 Å². The minimum atomic E-state index is 0.0932. The first-order valence-electron chi connectivity index (χ1n) is 7.19. The molecule has 1 aromatic rings. The van der Waals surface area contributed by atoms with Crippen molar-refractivity contribution in [2.75, 3.05) is 0 Å². The van der Waals surface area contributed by atoms with Crippen molar-refractivity contribution in [1.29, 1.82) is 0 Å². The van der Waals surface area contributed by atoms with Crippen LogP contribution in [0, 0.1) is 6.92 Å². The zero-order valence-electron chi connectivity index (χ0n) is 11.6. The number of nitrogens with two attached hydrogens (primary N) is 1. The van der Waals surface area contributed by atoms with Gasteiger partial charge in [-0.15, -0.1) is 0 Å². The number of rotatable bonds is 3. The number of ether oxygens (including phenoxy) is 1. The summed E-state index contributed by atoms with van der Waals surface area (Å²) in [6.07, 6.45) is 8.16. The van der Waals surface area contributed by atoms with Gasteiger partial charge in [-0.25, -0.2) is 0 Å². The van der Waals surface area contributed by atoms with Gasteiger partial charge in [0.1, 0.15) is 5.75 Å². The number of hydrogen-bond acceptors (Lipinski definition) is 2. The molecule has 0 aliphatic heterocycles. The van der Waals surface area contributed by atoms with E-state index in [9.17, 15) is 0 Å². The molecule has 0 unspecified atom stereocenters. The summed E-state index contributed by atoms with van der Waals surface area (Å²) in [4.78, 5) is 0. The molecule has 1 atom stereocenters. The van der Waals surface area contributed by atoms with Crippen molar-refractivity contribution in [1.82, 2.24) is 0 Å². The predicted molar refractivity (Wildman–Crippen MR) is 75.9 cm³/mol. The molecule has 0 amide bonds. The maximum Gasteiger partial charge on any atom is 0.122 e. The minimum Gasteiger partial charge on any atom is -0.490 e. The maximum atomic E-state index is 6.16. The Bertz CT molecular complexity index is 379. The monoisotopic (exact) mass is 247 g/mol. The summed E-state index contributed by atoms with van der Waals surface area (Å²) in [7, 11) is 0. The van der Waals surface area contributed by atoms with Gasteiger partial charge in [-0.3, -0.25) is 0 Å². The van der Waals surface area contributed by atoms with E-state index in [0.29, 0.717) is 6.10 Å². The Labute approximate surface area is 111 Å². The molecule has 1 aromatic carbocycles. The van der Waals surface area contributed by atoms with Gasteiger partial charge in [0.2, 0.25) is 0 Å². The van der Waals surface area contributed by atoms with Crippen molar-refractivity contribution in [2.45, 2.75) is 64.5 Å². The van der Waals surface area contributed by atoms with Crippen molar-refractivity contribution in [3.05, 3.63) is 29.3 Å². The van der Waals surface area contributed by atoms with Gasteiger partial charge in [0.05, 0.1) is 6.10 Å². The van der Waals surface area contributed by atoms with Gasteiger partial charge in [-0.2, -0.15) is 0 Å². The lowest BCUT2D eigenvalue weighted by Crippen LogP contribution is -2.16. The first-order valence-corrected chi connectivity index (χ1v) is 7.19. The molecule has 100 valence electrons. The normalized spacial score (nSPS) is 19.3. The van der Waals surface area contributed by atoms with Crippen LogP contribution in [0.2, 0.25) is 0 Å². The third-order valence-electron chi connectivity index (χ3n) is 3.82. The molecule has 1 fully saturated rings. The molecule has 0 heterocycles. The van der Waals surface area contributed by atoms with Crippen LogP contribution in [0.5, 0.6) is 5.75 Å². The molecule has 2 N–H and O–H groups in total. The molecule has 0 radical (unpaired) electrons. The molecule has 2 heteroatoms. The largest absolute Gasteiger partial charge is 0.490 e. The summed E-state index contributed by atoms with van der Waals surface area (Å²) in [5, 5.41) is 0. The van der Waals surface area contributed by atoms with Gasteiger partial charge >= 0.3 is 0 Å². The van der Waals surface area contributed by atoms with Gasteiger partial charge in [0.15, 0.2) is 0 Å². The van der Waals surface area contributed by atoms with Gasteiger partial charge < -0.3 is 10.5 Å². The summed E-state index contributed by atoms with van der Waals surface area (Å²) in [6, 6.07) is 6.41. The number of aryl methyl sites for hydroxylation is 1. The zero-order valence-corrected chi connectivity index (χ0v) is 11.6. The maximum absolute atomic E-state index is 6.16. The Balaban J connectivity index is 2.04. The van der Waals surface area contributed by atoms with E-state index >= 15 is 0 Å². The predicted octanol–water partition coefficient (Wildman–Crippen LogP) is 4.12. The Morgan fingerprint density at radius 1 is 1.17 bits per heavy atom. The molecule has 0 spiro atoms. The smallest absolute Gasteiger partial charge is 0.122 e. The molecule has 18 heavy (non-hydrogen) atoms. The second-order valence-corrected chi connectivity index (χ2v) is 5.55. The van der Waals surface area contributed by atoms with Crippen molar-refractivity contribution >= 4 is 0 Å². The quantitative estimate of drug-likeness (QED) is 0.816. The summed E-state index contributed by atoms with van der Waals surface area (Å²) >= 11 is 0. The van der Waals surface area contributed by atoms with E-state index in [1.165, 1.54) is 49.7 Å². The summed E-state index contributed by atoms with van der Waals surface area (Å²) in [6.45, 7) is 4.12.